The number of aryl methyl sites for hydroxylation is 1. The number of rotatable bonds is 2. The third kappa shape index (κ3) is 3.18. The third-order valence-electron chi connectivity index (χ3n) is 4.23. The largest absolute Gasteiger partial charge is 0.378 e. The molecule has 0 radical (unpaired) electrons. The van der Waals surface area contributed by atoms with Crippen molar-refractivity contribution in [3.05, 3.63) is 34.9 Å². The predicted molar refractivity (Wildman–Crippen MR) is 95.7 cm³/mol. The zero-order valence-corrected chi connectivity index (χ0v) is 14.5. The Kier molecular flexibility index (Phi) is 4.64. The average molecular weight is 345 g/mol. The third-order valence-corrected chi connectivity index (χ3v) is 4.61. The molecular weight excluding hydrogens is 326 g/mol. The highest BCUT2D eigenvalue weighted by Gasteiger charge is 2.30. The second-order valence-electron chi connectivity index (χ2n) is 5.82. The molecule has 0 saturated carbocycles. The Labute approximate surface area is 146 Å². The number of hydrogen-bond acceptors (Lipinski definition) is 5. The molecule has 0 unspecified atom stereocenters. The summed E-state index contributed by atoms with van der Waals surface area (Å²) in [5, 5.41) is 2.65. The topological polar surface area (TPSA) is 61.9 Å². The van der Waals surface area contributed by atoms with Crippen molar-refractivity contribution in [3.8, 4) is 0 Å². The zero-order valence-electron chi connectivity index (χ0n) is 13.7. The number of likely N-dealkylation sites (N-methyl/N-ethyl adjacent to an activating group) is 1. The van der Waals surface area contributed by atoms with Gasteiger partial charge in [-0.3, -0.25) is 19.8 Å². The van der Waals surface area contributed by atoms with Crippen molar-refractivity contribution in [2.75, 3.05) is 38.3 Å². The maximum absolute atomic E-state index is 12.3. The Bertz CT molecular complexity index is 739. The van der Waals surface area contributed by atoms with Gasteiger partial charge in [0.25, 0.3) is 11.8 Å². The number of thiocarbonyl (C=S) groups is 1. The number of benzene rings is 1. The Morgan fingerprint density at radius 3 is 2.62 bits per heavy atom. The second kappa shape index (κ2) is 6.70. The first-order valence-electron chi connectivity index (χ1n) is 7.76. The van der Waals surface area contributed by atoms with E-state index < -0.39 is 5.91 Å². The molecule has 2 amide bonds. The lowest BCUT2D eigenvalue weighted by Gasteiger charge is -2.29. The Hall–Kier alpha value is -2.25. The number of morpholine rings is 1. The van der Waals surface area contributed by atoms with Gasteiger partial charge < -0.3 is 9.64 Å². The molecule has 2 aliphatic rings. The van der Waals surface area contributed by atoms with E-state index in [0.717, 1.165) is 43.1 Å². The number of nitrogens with zero attached hydrogens (tertiary/aromatic N) is 2. The smallest absolute Gasteiger partial charge is 0.265 e. The molecule has 126 valence electrons. The Balaban J connectivity index is 1.88. The summed E-state index contributed by atoms with van der Waals surface area (Å²) >= 11 is 4.95. The van der Waals surface area contributed by atoms with Gasteiger partial charge in [-0.15, -0.1) is 0 Å². The van der Waals surface area contributed by atoms with Crippen LogP contribution in [0.4, 0.5) is 5.69 Å². The van der Waals surface area contributed by atoms with Gasteiger partial charge in [0.05, 0.1) is 13.2 Å². The normalized spacial score (nSPS) is 20.6. The average Bonchev–Trinajstić information content (AvgIpc) is 2.58. The highest BCUT2D eigenvalue weighted by Crippen LogP contribution is 2.23. The minimum absolute atomic E-state index is 0.0910. The molecule has 2 saturated heterocycles. The first-order chi connectivity index (χ1) is 11.5. The SMILES string of the molecule is Cc1cc(N2CCOCC2)ccc1/C=C1/C(=O)NC(=S)N(C)C1=O. The molecule has 0 aliphatic carbocycles. The van der Waals surface area contributed by atoms with E-state index in [-0.39, 0.29) is 16.6 Å². The summed E-state index contributed by atoms with van der Waals surface area (Å²) in [7, 11) is 1.55. The molecular formula is C17H19N3O3S. The summed E-state index contributed by atoms with van der Waals surface area (Å²) < 4.78 is 5.37. The molecule has 1 aromatic rings. The highest BCUT2D eigenvalue weighted by atomic mass is 32.1. The van der Waals surface area contributed by atoms with Crippen molar-refractivity contribution >= 4 is 40.9 Å². The van der Waals surface area contributed by atoms with Crippen LogP contribution >= 0.6 is 12.2 Å². The molecule has 1 N–H and O–H groups in total. The molecule has 1 aromatic carbocycles. The van der Waals surface area contributed by atoms with Gasteiger partial charge >= 0.3 is 0 Å². The summed E-state index contributed by atoms with van der Waals surface area (Å²) in [6.45, 7) is 5.15. The van der Waals surface area contributed by atoms with Gasteiger partial charge in [0, 0.05) is 25.8 Å². The standard InChI is InChI=1S/C17H19N3O3S/c1-11-9-13(20-5-7-23-8-6-20)4-3-12(11)10-14-15(21)18-17(24)19(2)16(14)22/h3-4,9-10H,5-8H2,1-2H3,(H,18,21,24)/b14-10-. The van der Waals surface area contributed by atoms with E-state index in [1.165, 1.54) is 4.90 Å². The fourth-order valence-electron chi connectivity index (χ4n) is 2.74. The summed E-state index contributed by atoms with van der Waals surface area (Å²) in [6.07, 6.45) is 1.62. The van der Waals surface area contributed by atoms with Crippen molar-refractivity contribution in [1.29, 1.82) is 0 Å². The molecule has 6 nitrogen and oxygen atoms in total. The van der Waals surface area contributed by atoms with Crippen molar-refractivity contribution in [1.82, 2.24) is 10.2 Å². The van der Waals surface area contributed by atoms with Gasteiger partial charge in [0.15, 0.2) is 5.11 Å². The number of hydrogen-bond donors (Lipinski definition) is 1. The second-order valence-corrected chi connectivity index (χ2v) is 6.21. The molecule has 0 atom stereocenters. The number of ether oxygens (including phenoxy) is 1. The number of nitrogens with one attached hydrogen (secondary N) is 1. The van der Waals surface area contributed by atoms with Crippen LogP contribution in [0.25, 0.3) is 6.08 Å². The molecule has 3 rings (SSSR count). The van der Waals surface area contributed by atoms with Crippen molar-refractivity contribution in [3.63, 3.8) is 0 Å². The number of anilines is 1. The molecule has 0 bridgehead atoms. The predicted octanol–water partition coefficient (Wildman–Crippen LogP) is 1.09. The monoisotopic (exact) mass is 345 g/mol. The maximum Gasteiger partial charge on any atom is 0.265 e. The maximum atomic E-state index is 12.3. The number of carbonyl (C=O) groups excluding carboxylic acids is 2. The summed E-state index contributed by atoms with van der Waals surface area (Å²) in [6, 6.07) is 6.00. The Morgan fingerprint density at radius 2 is 1.96 bits per heavy atom. The van der Waals surface area contributed by atoms with Crippen LogP contribution in [0.1, 0.15) is 11.1 Å². The number of amides is 2. The van der Waals surface area contributed by atoms with Crippen LogP contribution in [0, 0.1) is 6.92 Å². The van der Waals surface area contributed by atoms with Crippen molar-refractivity contribution < 1.29 is 14.3 Å². The molecule has 7 heteroatoms. The van der Waals surface area contributed by atoms with Crippen LogP contribution in [0.2, 0.25) is 0 Å². The van der Waals surface area contributed by atoms with Crippen LogP contribution in [-0.4, -0.2) is 55.2 Å². The van der Waals surface area contributed by atoms with E-state index in [1.807, 2.05) is 19.1 Å². The lowest BCUT2D eigenvalue weighted by Crippen LogP contribution is -2.52. The molecule has 2 heterocycles. The van der Waals surface area contributed by atoms with Crippen LogP contribution in [-0.2, 0) is 14.3 Å². The van der Waals surface area contributed by atoms with Crippen LogP contribution < -0.4 is 10.2 Å². The number of carbonyl (C=O) groups is 2. The molecule has 0 spiro atoms. The van der Waals surface area contributed by atoms with Gasteiger partial charge in [-0.25, -0.2) is 0 Å². The zero-order chi connectivity index (χ0) is 17.3. The minimum atomic E-state index is -0.459. The molecule has 24 heavy (non-hydrogen) atoms. The first-order valence-corrected chi connectivity index (χ1v) is 8.16. The summed E-state index contributed by atoms with van der Waals surface area (Å²) in [4.78, 5) is 27.8. The quantitative estimate of drug-likeness (QED) is 0.494. The van der Waals surface area contributed by atoms with Gasteiger partial charge in [-0.1, -0.05) is 6.07 Å². The fraction of sp³-hybridized carbons (Fsp3) is 0.353. The minimum Gasteiger partial charge on any atom is -0.378 e. The van der Waals surface area contributed by atoms with E-state index in [2.05, 4.69) is 16.3 Å². The van der Waals surface area contributed by atoms with E-state index in [1.54, 1.807) is 13.1 Å². The lowest BCUT2D eigenvalue weighted by molar-refractivity contribution is -0.128. The van der Waals surface area contributed by atoms with Gasteiger partial charge in [-0.2, -0.15) is 0 Å². The van der Waals surface area contributed by atoms with E-state index in [4.69, 9.17) is 17.0 Å². The van der Waals surface area contributed by atoms with Crippen molar-refractivity contribution in [2.45, 2.75) is 6.92 Å². The molecule has 2 fully saturated rings. The molecule has 2 aliphatic heterocycles. The molecule has 0 aromatic heterocycles. The highest BCUT2D eigenvalue weighted by molar-refractivity contribution is 7.80. The Morgan fingerprint density at radius 1 is 1.25 bits per heavy atom. The van der Waals surface area contributed by atoms with Crippen LogP contribution in [0.3, 0.4) is 0 Å². The van der Waals surface area contributed by atoms with Crippen LogP contribution in [0.5, 0.6) is 0 Å². The first kappa shape index (κ1) is 16.6. The fourth-order valence-corrected chi connectivity index (χ4v) is 2.92. The van der Waals surface area contributed by atoms with Crippen LogP contribution in [0.15, 0.2) is 23.8 Å². The lowest BCUT2D eigenvalue weighted by atomic mass is 10.0. The van der Waals surface area contributed by atoms with Crippen molar-refractivity contribution in [2.24, 2.45) is 0 Å². The summed E-state index contributed by atoms with van der Waals surface area (Å²) in [5.74, 6) is -0.847. The summed E-state index contributed by atoms with van der Waals surface area (Å²) in [5.41, 5.74) is 3.05. The van der Waals surface area contributed by atoms with Gasteiger partial charge in [0.2, 0.25) is 0 Å². The van der Waals surface area contributed by atoms with Gasteiger partial charge in [-0.05, 0) is 48.5 Å². The van der Waals surface area contributed by atoms with Gasteiger partial charge in [0.1, 0.15) is 5.57 Å². The van der Waals surface area contributed by atoms with E-state index in [9.17, 15) is 9.59 Å². The van der Waals surface area contributed by atoms with E-state index in [0.29, 0.717) is 0 Å². The van der Waals surface area contributed by atoms with E-state index >= 15 is 0 Å².